The molecule has 0 aliphatic heterocycles. The first-order valence-electron chi connectivity index (χ1n) is 7.39. The van der Waals surface area contributed by atoms with Crippen LogP contribution in [0.2, 0.25) is 0 Å². The Balaban J connectivity index is 1.59. The monoisotopic (exact) mass is 407 g/mol. The zero-order chi connectivity index (χ0) is 15.4. The highest BCUT2D eigenvalue weighted by Crippen LogP contribution is 2.28. The van der Waals surface area contributed by atoms with Gasteiger partial charge in [0.1, 0.15) is 0 Å². The Kier molecular flexibility index (Phi) is 5.04. The van der Waals surface area contributed by atoms with Crippen molar-refractivity contribution in [2.24, 2.45) is 0 Å². The Labute approximate surface area is 144 Å². The third-order valence-corrected chi connectivity index (χ3v) is 4.37. The van der Waals surface area contributed by atoms with Gasteiger partial charge in [0, 0.05) is 34.2 Å². The molecular formula is C17H18IN3O. The molecule has 1 fully saturated rings. The van der Waals surface area contributed by atoms with Crippen molar-refractivity contribution in [3.63, 3.8) is 0 Å². The minimum absolute atomic E-state index is 0.0389. The number of halogens is 1. The molecule has 0 atom stereocenters. The summed E-state index contributed by atoms with van der Waals surface area (Å²) in [5.41, 5.74) is 2.00. The van der Waals surface area contributed by atoms with Crippen LogP contribution >= 0.6 is 22.6 Å². The molecule has 0 radical (unpaired) electrons. The van der Waals surface area contributed by atoms with Crippen molar-refractivity contribution < 1.29 is 4.79 Å². The van der Waals surface area contributed by atoms with Crippen LogP contribution in [0.3, 0.4) is 0 Å². The first kappa shape index (κ1) is 15.4. The topological polar surface area (TPSA) is 45.2 Å². The van der Waals surface area contributed by atoms with Crippen molar-refractivity contribution in [1.82, 2.24) is 9.88 Å². The minimum Gasteiger partial charge on any atom is -0.325 e. The van der Waals surface area contributed by atoms with Crippen LogP contribution in [-0.2, 0) is 11.3 Å². The number of aromatic nitrogens is 1. The number of benzene rings is 1. The van der Waals surface area contributed by atoms with E-state index in [0.29, 0.717) is 12.6 Å². The Morgan fingerprint density at radius 2 is 2.05 bits per heavy atom. The molecule has 2 aromatic rings. The SMILES string of the molecule is O=C(CN(Cc1cccnc1)C1CC1)Nc1ccc(I)cc1. The summed E-state index contributed by atoms with van der Waals surface area (Å²) >= 11 is 2.25. The van der Waals surface area contributed by atoms with E-state index >= 15 is 0 Å². The van der Waals surface area contributed by atoms with Gasteiger partial charge in [0.15, 0.2) is 0 Å². The summed E-state index contributed by atoms with van der Waals surface area (Å²) in [5, 5.41) is 2.97. The molecule has 0 spiro atoms. The number of hydrogen-bond donors (Lipinski definition) is 1. The van der Waals surface area contributed by atoms with Crippen LogP contribution in [0.15, 0.2) is 48.8 Å². The van der Waals surface area contributed by atoms with E-state index in [1.165, 1.54) is 12.8 Å². The van der Waals surface area contributed by atoms with Gasteiger partial charge >= 0.3 is 0 Å². The Morgan fingerprint density at radius 3 is 2.68 bits per heavy atom. The predicted molar refractivity (Wildman–Crippen MR) is 95.5 cm³/mol. The summed E-state index contributed by atoms with van der Waals surface area (Å²) in [7, 11) is 0. The van der Waals surface area contributed by atoms with E-state index in [1.807, 2.05) is 36.5 Å². The van der Waals surface area contributed by atoms with Crippen molar-refractivity contribution in [3.05, 3.63) is 57.9 Å². The Hall–Kier alpha value is -1.47. The minimum atomic E-state index is 0.0389. The van der Waals surface area contributed by atoms with Crippen molar-refractivity contribution in [2.45, 2.75) is 25.4 Å². The van der Waals surface area contributed by atoms with Crippen LogP contribution in [0.4, 0.5) is 5.69 Å². The number of nitrogens with zero attached hydrogens (tertiary/aromatic N) is 2. The van der Waals surface area contributed by atoms with E-state index in [-0.39, 0.29) is 5.91 Å². The molecule has 3 rings (SSSR count). The molecule has 1 saturated carbocycles. The van der Waals surface area contributed by atoms with Gasteiger partial charge in [-0.15, -0.1) is 0 Å². The lowest BCUT2D eigenvalue weighted by Crippen LogP contribution is -2.34. The zero-order valence-electron chi connectivity index (χ0n) is 12.2. The second kappa shape index (κ2) is 7.19. The zero-order valence-corrected chi connectivity index (χ0v) is 14.4. The molecule has 1 aromatic heterocycles. The van der Waals surface area contributed by atoms with Gasteiger partial charge in [-0.1, -0.05) is 6.07 Å². The van der Waals surface area contributed by atoms with E-state index in [9.17, 15) is 4.79 Å². The molecule has 0 unspecified atom stereocenters. The van der Waals surface area contributed by atoms with Crippen LogP contribution < -0.4 is 5.32 Å². The fraction of sp³-hybridized carbons (Fsp3) is 0.294. The third-order valence-electron chi connectivity index (χ3n) is 3.65. The number of nitrogens with one attached hydrogen (secondary N) is 1. The molecule has 1 N–H and O–H groups in total. The quantitative estimate of drug-likeness (QED) is 0.748. The second-order valence-corrected chi connectivity index (χ2v) is 6.80. The predicted octanol–water partition coefficient (Wildman–Crippen LogP) is 3.29. The van der Waals surface area contributed by atoms with E-state index in [4.69, 9.17) is 0 Å². The number of carbonyl (C=O) groups is 1. The number of amides is 1. The molecule has 22 heavy (non-hydrogen) atoms. The average molecular weight is 407 g/mol. The second-order valence-electron chi connectivity index (χ2n) is 5.55. The smallest absolute Gasteiger partial charge is 0.238 e. The number of hydrogen-bond acceptors (Lipinski definition) is 3. The van der Waals surface area contributed by atoms with Crippen molar-refractivity contribution in [2.75, 3.05) is 11.9 Å². The first-order chi connectivity index (χ1) is 10.7. The summed E-state index contributed by atoms with van der Waals surface area (Å²) < 4.78 is 1.16. The van der Waals surface area contributed by atoms with Crippen molar-refractivity contribution >= 4 is 34.2 Å². The largest absolute Gasteiger partial charge is 0.325 e. The average Bonchev–Trinajstić information content (AvgIpc) is 3.35. The lowest BCUT2D eigenvalue weighted by atomic mass is 10.2. The highest BCUT2D eigenvalue weighted by Gasteiger charge is 2.30. The molecule has 1 heterocycles. The van der Waals surface area contributed by atoms with Gasteiger partial charge in [-0.05, 0) is 71.3 Å². The van der Waals surface area contributed by atoms with Crippen LogP contribution in [-0.4, -0.2) is 28.4 Å². The molecule has 114 valence electrons. The maximum absolute atomic E-state index is 12.3. The van der Waals surface area contributed by atoms with Gasteiger partial charge in [-0.3, -0.25) is 14.7 Å². The molecular weight excluding hydrogens is 389 g/mol. The van der Waals surface area contributed by atoms with E-state index in [2.05, 4.69) is 43.9 Å². The van der Waals surface area contributed by atoms with Gasteiger partial charge in [0.2, 0.25) is 5.91 Å². The van der Waals surface area contributed by atoms with Gasteiger partial charge in [-0.25, -0.2) is 0 Å². The molecule has 5 heteroatoms. The maximum atomic E-state index is 12.3. The number of carbonyl (C=O) groups excluding carboxylic acids is 1. The lowest BCUT2D eigenvalue weighted by molar-refractivity contribution is -0.117. The third kappa shape index (κ3) is 4.51. The highest BCUT2D eigenvalue weighted by atomic mass is 127. The van der Waals surface area contributed by atoms with Gasteiger partial charge in [-0.2, -0.15) is 0 Å². The standard InChI is InChI=1S/C17H18IN3O/c18-14-3-5-15(6-4-14)20-17(22)12-21(16-7-8-16)11-13-2-1-9-19-10-13/h1-6,9-10,16H,7-8,11-12H2,(H,20,22). The lowest BCUT2D eigenvalue weighted by Gasteiger charge is -2.21. The van der Waals surface area contributed by atoms with E-state index < -0.39 is 0 Å². The van der Waals surface area contributed by atoms with E-state index in [0.717, 1.165) is 21.4 Å². The molecule has 1 aliphatic carbocycles. The van der Waals surface area contributed by atoms with Crippen LogP contribution in [0.5, 0.6) is 0 Å². The first-order valence-corrected chi connectivity index (χ1v) is 8.47. The number of pyridine rings is 1. The summed E-state index contributed by atoms with van der Waals surface area (Å²) in [6, 6.07) is 12.4. The Bertz CT molecular complexity index is 626. The van der Waals surface area contributed by atoms with Gasteiger partial charge < -0.3 is 5.32 Å². The molecule has 4 nitrogen and oxygen atoms in total. The molecule has 1 aromatic carbocycles. The summed E-state index contributed by atoms with van der Waals surface area (Å²) in [5.74, 6) is 0.0389. The van der Waals surface area contributed by atoms with Crippen LogP contribution in [0, 0.1) is 3.57 Å². The van der Waals surface area contributed by atoms with Crippen LogP contribution in [0.1, 0.15) is 18.4 Å². The normalized spacial score (nSPS) is 14.1. The van der Waals surface area contributed by atoms with Gasteiger partial charge in [0.05, 0.1) is 6.54 Å². The summed E-state index contributed by atoms with van der Waals surface area (Å²) in [6.07, 6.45) is 6.00. The van der Waals surface area contributed by atoms with Crippen molar-refractivity contribution in [1.29, 1.82) is 0 Å². The fourth-order valence-corrected chi connectivity index (χ4v) is 2.76. The van der Waals surface area contributed by atoms with E-state index in [1.54, 1.807) is 6.20 Å². The fourth-order valence-electron chi connectivity index (χ4n) is 2.40. The van der Waals surface area contributed by atoms with Crippen molar-refractivity contribution in [3.8, 4) is 0 Å². The number of anilines is 1. The summed E-state index contributed by atoms with van der Waals surface area (Å²) in [6.45, 7) is 1.20. The molecule has 1 aliphatic rings. The summed E-state index contributed by atoms with van der Waals surface area (Å²) in [4.78, 5) is 18.6. The highest BCUT2D eigenvalue weighted by molar-refractivity contribution is 14.1. The molecule has 1 amide bonds. The van der Waals surface area contributed by atoms with Gasteiger partial charge in [0.25, 0.3) is 0 Å². The number of rotatable bonds is 6. The Morgan fingerprint density at radius 1 is 1.27 bits per heavy atom. The molecule has 0 bridgehead atoms. The van der Waals surface area contributed by atoms with Crippen LogP contribution in [0.25, 0.3) is 0 Å². The molecule has 0 saturated heterocycles. The maximum Gasteiger partial charge on any atom is 0.238 e.